The van der Waals surface area contributed by atoms with Crippen molar-refractivity contribution in [1.82, 2.24) is 5.01 Å². The molecule has 21 heavy (non-hydrogen) atoms. The summed E-state index contributed by atoms with van der Waals surface area (Å²) in [5, 5.41) is 2.12. The van der Waals surface area contributed by atoms with Crippen molar-refractivity contribution in [2.75, 3.05) is 6.61 Å². The van der Waals surface area contributed by atoms with Crippen LogP contribution in [0.5, 0.6) is 5.75 Å². The largest absolute Gasteiger partial charge is 0.494 e. The van der Waals surface area contributed by atoms with Crippen LogP contribution in [0.3, 0.4) is 0 Å². The highest BCUT2D eigenvalue weighted by Gasteiger charge is 2.31. The molecule has 0 aliphatic carbocycles. The zero-order valence-corrected chi connectivity index (χ0v) is 11.8. The van der Waals surface area contributed by atoms with Gasteiger partial charge in [-0.25, -0.2) is 10.9 Å². The van der Waals surface area contributed by atoms with Crippen molar-refractivity contribution < 1.29 is 14.3 Å². The lowest BCUT2D eigenvalue weighted by molar-refractivity contribution is 0.0609. The fourth-order valence-corrected chi connectivity index (χ4v) is 2.52. The molecule has 0 radical (unpaired) electrons. The summed E-state index contributed by atoms with van der Waals surface area (Å²) in [6, 6.07) is 8.83. The number of ether oxygens (including phenoxy) is 1. The van der Waals surface area contributed by atoms with E-state index in [4.69, 9.17) is 10.6 Å². The monoisotopic (exact) mass is 284 g/mol. The molecule has 5 nitrogen and oxygen atoms in total. The third-order valence-corrected chi connectivity index (χ3v) is 3.62. The van der Waals surface area contributed by atoms with Crippen molar-refractivity contribution in [3.05, 3.63) is 41.5 Å². The first-order valence-electron chi connectivity index (χ1n) is 6.96. The van der Waals surface area contributed by atoms with E-state index in [1.165, 1.54) is 0 Å². The highest BCUT2D eigenvalue weighted by molar-refractivity contribution is 6.25. The van der Waals surface area contributed by atoms with Crippen LogP contribution >= 0.6 is 0 Å². The molecule has 0 bridgehead atoms. The molecule has 5 heteroatoms. The molecule has 1 heterocycles. The van der Waals surface area contributed by atoms with E-state index in [2.05, 4.69) is 6.92 Å². The fraction of sp³-hybridized carbons (Fsp3) is 0.250. The molecular weight excluding hydrogens is 268 g/mol. The van der Waals surface area contributed by atoms with E-state index in [9.17, 15) is 9.59 Å². The summed E-state index contributed by atoms with van der Waals surface area (Å²) in [6.07, 6.45) is 1.98. The second-order valence-electron chi connectivity index (χ2n) is 5.06. The van der Waals surface area contributed by atoms with Crippen molar-refractivity contribution in [3.63, 3.8) is 0 Å². The quantitative estimate of drug-likeness (QED) is 0.405. The van der Waals surface area contributed by atoms with Gasteiger partial charge in [-0.1, -0.05) is 25.5 Å². The minimum absolute atomic E-state index is 0.414. The fourth-order valence-electron chi connectivity index (χ4n) is 2.52. The summed E-state index contributed by atoms with van der Waals surface area (Å²) in [5.74, 6) is 5.23. The first kappa shape index (κ1) is 13.6. The van der Waals surface area contributed by atoms with Gasteiger partial charge in [-0.2, -0.15) is 0 Å². The Hall–Kier alpha value is -2.40. The number of rotatable bonds is 4. The molecule has 2 aromatic carbocycles. The van der Waals surface area contributed by atoms with E-state index in [0.29, 0.717) is 33.9 Å². The zero-order chi connectivity index (χ0) is 15.0. The summed E-state index contributed by atoms with van der Waals surface area (Å²) in [7, 11) is 0. The highest BCUT2D eigenvalue weighted by atomic mass is 16.5. The third kappa shape index (κ3) is 2.15. The molecular formula is C16H16N2O3. The zero-order valence-electron chi connectivity index (χ0n) is 11.8. The smallest absolute Gasteiger partial charge is 0.275 e. The van der Waals surface area contributed by atoms with Gasteiger partial charge in [-0.3, -0.25) is 9.59 Å². The molecule has 108 valence electrons. The number of hydrazine groups is 1. The standard InChI is InChI=1S/C16H16N2O3/c1-2-3-7-21-11-8-10-5-4-6-12-14(10)13(9-11)16(20)18(17)15(12)19/h4-6,8-9H,2-3,7,17H2,1H3. The molecule has 1 aliphatic heterocycles. The van der Waals surface area contributed by atoms with Crippen molar-refractivity contribution in [1.29, 1.82) is 0 Å². The number of imide groups is 1. The van der Waals surface area contributed by atoms with Gasteiger partial charge in [0, 0.05) is 5.39 Å². The first-order valence-corrected chi connectivity index (χ1v) is 6.96. The number of nitrogens with two attached hydrogens (primary N) is 1. The van der Waals surface area contributed by atoms with E-state index >= 15 is 0 Å². The van der Waals surface area contributed by atoms with Crippen LogP contribution in [0.1, 0.15) is 40.5 Å². The average Bonchev–Trinajstić information content (AvgIpc) is 2.50. The minimum Gasteiger partial charge on any atom is -0.494 e. The Bertz CT molecular complexity index is 740. The van der Waals surface area contributed by atoms with Crippen LogP contribution in [0.2, 0.25) is 0 Å². The van der Waals surface area contributed by atoms with Crippen molar-refractivity contribution in [2.45, 2.75) is 19.8 Å². The van der Waals surface area contributed by atoms with Crippen molar-refractivity contribution in [3.8, 4) is 5.75 Å². The topological polar surface area (TPSA) is 72.6 Å². The molecule has 0 saturated carbocycles. The van der Waals surface area contributed by atoms with Crippen molar-refractivity contribution in [2.24, 2.45) is 5.84 Å². The number of nitrogens with zero attached hydrogens (tertiary/aromatic N) is 1. The molecule has 3 rings (SSSR count). The molecule has 0 atom stereocenters. The summed E-state index contributed by atoms with van der Waals surface area (Å²) >= 11 is 0. The Balaban J connectivity index is 2.15. The maximum atomic E-state index is 12.2. The lowest BCUT2D eigenvalue weighted by Gasteiger charge is -2.23. The van der Waals surface area contributed by atoms with Crippen LogP contribution in [0.15, 0.2) is 30.3 Å². The van der Waals surface area contributed by atoms with Gasteiger partial charge in [0.05, 0.1) is 17.7 Å². The number of carbonyl (C=O) groups excluding carboxylic acids is 2. The van der Waals surface area contributed by atoms with Gasteiger partial charge in [-0.05, 0) is 30.0 Å². The molecule has 0 aromatic heterocycles. The maximum Gasteiger partial charge on any atom is 0.275 e. The van der Waals surface area contributed by atoms with Gasteiger partial charge in [-0.15, -0.1) is 0 Å². The van der Waals surface area contributed by atoms with Gasteiger partial charge in [0.15, 0.2) is 0 Å². The number of amides is 2. The van der Waals surface area contributed by atoms with E-state index in [0.717, 1.165) is 18.2 Å². The predicted molar refractivity (Wildman–Crippen MR) is 79.0 cm³/mol. The molecule has 2 aromatic rings. The summed E-state index contributed by atoms with van der Waals surface area (Å²) in [5.41, 5.74) is 0.862. The van der Waals surface area contributed by atoms with E-state index in [1.54, 1.807) is 18.2 Å². The number of hydrogen-bond donors (Lipinski definition) is 1. The lowest BCUT2D eigenvalue weighted by atomic mass is 9.94. The Morgan fingerprint density at radius 2 is 1.90 bits per heavy atom. The van der Waals surface area contributed by atoms with E-state index < -0.39 is 11.8 Å². The van der Waals surface area contributed by atoms with Gasteiger partial charge >= 0.3 is 0 Å². The minimum atomic E-state index is -0.496. The van der Waals surface area contributed by atoms with Crippen LogP contribution in [0.4, 0.5) is 0 Å². The highest BCUT2D eigenvalue weighted by Crippen LogP contribution is 2.32. The number of unbranched alkanes of at least 4 members (excludes halogenated alkanes) is 1. The van der Waals surface area contributed by atoms with Gasteiger partial charge in [0.2, 0.25) is 0 Å². The molecule has 0 fully saturated rings. The van der Waals surface area contributed by atoms with Gasteiger partial charge < -0.3 is 4.74 Å². The Labute approximate surface area is 122 Å². The molecule has 2 N–H and O–H groups in total. The van der Waals surface area contributed by atoms with Crippen molar-refractivity contribution >= 4 is 22.6 Å². The number of carbonyl (C=O) groups is 2. The van der Waals surface area contributed by atoms with Crippen LogP contribution in [0.25, 0.3) is 10.8 Å². The van der Waals surface area contributed by atoms with Crippen LogP contribution in [0, 0.1) is 0 Å². The number of hydrogen-bond acceptors (Lipinski definition) is 4. The number of benzene rings is 2. The Morgan fingerprint density at radius 3 is 2.67 bits per heavy atom. The molecule has 1 aliphatic rings. The van der Waals surface area contributed by atoms with E-state index in [1.807, 2.05) is 12.1 Å². The van der Waals surface area contributed by atoms with E-state index in [-0.39, 0.29) is 0 Å². The maximum absolute atomic E-state index is 12.2. The predicted octanol–water partition coefficient (Wildman–Crippen LogP) is 2.49. The normalized spacial score (nSPS) is 13.9. The second-order valence-corrected chi connectivity index (χ2v) is 5.06. The molecule has 0 saturated heterocycles. The molecule has 2 amide bonds. The van der Waals surface area contributed by atoms with Gasteiger partial charge in [0.25, 0.3) is 11.8 Å². The molecule has 0 spiro atoms. The van der Waals surface area contributed by atoms with Crippen LogP contribution < -0.4 is 10.6 Å². The summed E-state index contributed by atoms with van der Waals surface area (Å²) < 4.78 is 5.67. The van der Waals surface area contributed by atoms with Crippen LogP contribution in [-0.2, 0) is 0 Å². The SMILES string of the molecule is CCCCOc1cc2c3c(cccc3c1)C(=O)N(N)C2=O. The second kappa shape index (κ2) is 5.18. The summed E-state index contributed by atoms with van der Waals surface area (Å²) in [6.45, 7) is 2.68. The first-order chi connectivity index (χ1) is 10.1. The summed E-state index contributed by atoms with van der Waals surface area (Å²) in [4.78, 5) is 24.3. The third-order valence-electron chi connectivity index (χ3n) is 3.62. The van der Waals surface area contributed by atoms with Crippen LogP contribution in [-0.4, -0.2) is 23.4 Å². The molecule has 0 unspecified atom stereocenters. The Kier molecular flexibility index (Phi) is 3.35. The average molecular weight is 284 g/mol. The lowest BCUT2D eigenvalue weighted by Crippen LogP contribution is -2.45. The van der Waals surface area contributed by atoms with Gasteiger partial charge in [0.1, 0.15) is 5.75 Å². The Morgan fingerprint density at radius 1 is 1.14 bits per heavy atom.